The number of amides is 1. The zero-order valence-electron chi connectivity index (χ0n) is 10.9. The molecule has 0 fully saturated rings. The van der Waals surface area contributed by atoms with Crippen LogP contribution in [0.5, 0.6) is 5.75 Å². The quantitative estimate of drug-likeness (QED) is 0.667. The van der Waals surface area contributed by atoms with Crippen LogP contribution in [-0.2, 0) is 4.74 Å². The molecule has 0 heterocycles. The van der Waals surface area contributed by atoms with Gasteiger partial charge < -0.3 is 20.1 Å². The van der Waals surface area contributed by atoms with Crippen molar-refractivity contribution in [1.82, 2.24) is 10.6 Å². The van der Waals surface area contributed by atoms with E-state index in [-0.39, 0.29) is 5.91 Å². The van der Waals surface area contributed by atoms with E-state index in [0.29, 0.717) is 25.3 Å². The van der Waals surface area contributed by atoms with Gasteiger partial charge in [-0.05, 0) is 31.3 Å². The molecule has 0 saturated heterocycles. The Balaban J connectivity index is 2.41. The van der Waals surface area contributed by atoms with Crippen LogP contribution in [0, 0.1) is 0 Å². The Morgan fingerprint density at radius 1 is 1.17 bits per heavy atom. The normalized spacial score (nSPS) is 10.1. The number of hydrogen-bond acceptors (Lipinski definition) is 4. The van der Waals surface area contributed by atoms with E-state index in [4.69, 9.17) is 9.47 Å². The molecule has 2 N–H and O–H groups in total. The van der Waals surface area contributed by atoms with Crippen molar-refractivity contribution in [2.24, 2.45) is 0 Å². The molecule has 0 radical (unpaired) electrons. The van der Waals surface area contributed by atoms with E-state index in [1.54, 1.807) is 31.4 Å². The molecule has 5 nitrogen and oxygen atoms in total. The van der Waals surface area contributed by atoms with Gasteiger partial charge >= 0.3 is 0 Å². The van der Waals surface area contributed by atoms with Gasteiger partial charge in [0.25, 0.3) is 5.91 Å². The lowest BCUT2D eigenvalue weighted by molar-refractivity contribution is 0.0954. The molecule has 0 spiro atoms. The van der Waals surface area contributed by atoms with E-state index in [1.165, 1.54) is 0 Å². The predicted octanol–water partition coefficient (Wildman–Crippen LogP) is 0.661. The fourth-order valence-electron chi connectivity index (χ4n) is 1.35. The predicted molar refractivity (Wildman–Crippen MR) is 70.1 cm³/mol. The lowest BCUT2D eigenvalue weighted by Gasteiger charge is -2.07. The van der Waals surface area contributed by atoms with Gasteiger partial charge in [-0.1, -0.05) is 0 Å². The summed E-state index contributed by atoms with van der Waals surface area (Å²) in [6, 6.07) is 7.05. The van der Waals surface area contributed by atoms with E-state index in [0.717, 1.165) is 12.3 Å². The number of carbonyl (C=O) groups is 1. The molecular formula is C13H20N2O3. The molecule has 0 aliphatic heterocycles. The Bertz CT molecular complexity index is 352. The molecule has 0 bridgehead atoms. The third kappa shape index (κ3) is 5.16. The summed E-state index contributed by atoms with van der Waals surface area (Å²) >= 11 is 0. The summed E-state index contributed by atoms with van der Waals surface area (Å²) in [6.45, 7) is 2.42. The average Bonchev–Trinajstić information content (AvgIpc) is 2.40. The van der Waals surface area contributed by atoms with Gasteiger partial charge in [0.1, 0.15) is 12.4 Å². The second kappa shape index (κ2) is 8.49. The van der Waals surface area contributed by atoms with Crippen LogP contribution in [0.4, 0.5) is 0 Å². The first-order valence-corrected chi connectivity index (χ1v) is 5.92. The van der Waals surface area contributed by atoms with Gasteiger partial charge in [-0.25, -0.2) is 0 Å². The van der Waals surface area contributed by atoms with Crippen LogP contribution < -0.4 is 15.4 Å². The number of nitrogens with one attached hydrogen (secondary N) is 2. The Morgan fingerprint density at radius 2 is 1.89 bits per heavy atom. The van der Waals surface area contributed by atoms with Crippen LogP contribution in [0.2, 0.25) is 0 Å². The van der Waals surface area contributed by atoms with Crippen LogP contribution >= 0.6 is 0 Å². The fourth-order valence-corrected chi connectivity index (χ4v) is 1.35. The minimum atomic E-state index is -0.0753. The first-order valence-electron chi connectivity index (χ1n) is 5.92. The number of benzene rings is 1. The maximum atomic E-state index is 11.7. The molecule has 1 amide bonds. The third-order valence-corrected chi connectivity index (χ3v) is 2.33. The summed E-state index contributed by atoms with van der Waals surface area (Å²) in [5.41, 5.74) is 0.630. The molecule has 0 unspecified atom stereocenters. The van der Waals surface area contributed by atoms with E-state index in [2.05, 4.69) is 10.6 Å². The van der Waals surface area contributed by atoms with Crippen molar-refractivity contribution in [1.29, 1.82) is 0 Å². The molecule has 0 saturated carbocycles. The zero-order valence-corrected chi connectivity index (χ0v) is 10.9. The summed E-state index contributed by atoms with van der Waals surface area (Å²) in [5.74, 6) is 0.660. The molecule has 0 aliphatic carbocycles. The number of hydrogen-bond donors (Lipinski definition) is 2. The van der Waals surface area contributed by atoms with Gasteiger partial charge in [-0.15, -0.1) is 0 Å². The van der Waals surface area contributed by atoms with E-state index < -0.39 is 0 Å². The highest BCUT2D eigenvalue weighted by Crippen LogP contribution is 2.11. The molecule has 0 atom stereocenters. The Labute approximate surface area is 107 Å². The second-order valence-electron chi connectivity index (χ2n) is 3.73. The zero-order chi connectivity index (χ0) is 13.2. The molecule has 1 rings (SSSR count). The molecule has 1 aromatic carbocycles. The van der Waals surface area contributed by atoms with Gasteiger partial charge in [0.05, 0.1) is 6.61 Å². The molecular weight excluding hydrogens is 232 g/mol. The summed E-state index contributed by atoms with van der Waals surface area (Å²) in [7, 11) is 3.47. The van der Waals surface area contributed by atoms with Crippen LogP contribution in [0.1, 0.15) is 10.4 Å². The Hall–Kier alpha value is -1.59. The number of methoxy groups -OCH3 is 1. The van der Waals surface area contributed by atoms with Gasteiger partial charge in [-0.2, -0.15) is 0 Å². The summed E-state index contributed by atoms with van der Waals surface area (Å²) in [6.07, 6.45) is 0. The average molecular weight is 252 g/mol. The van der Waals surface area contributed by atoms with Gasteiger partial charge in [0.15, 0.2) is 0 Å². The molecule has 18 heavy (non-hydrogen) atoms. The highest BCUT2D eigenvalue weighted by Gasteiger charge is 2.04. The molecule has 0 aliphatic rings. The van der Waals surface area contributed by atoms with Crippen LogP contribution in [0.25, 0.3) is 0 Å². The number of likely N-dealkylation sites (N-methyl/N-ethyl adjacent to an activating group) is 1. The summed E-state index contributed by atoms with van der Waals surface area (Å²) < 4.78 is 10.3. The van der Waals surface area contributed by atoms with Crippen molar-refractivity contribution in [3.63, 3.8) is 0 Å². The number of ether oxygens (including phenoxy) is 2. The van der Waals surface area contributed by atoms with Gasteiger partial charge in [0, 0.05) is 25.8 Å². The smallest absolute Gasteiger partial charge is 0.251 e. The second-order valence-corrected chi connectivity index (χ2v) is 3.73. The highest BCUT2D eigenvalue weighted by molar-refractivity contribution is 5.94. The highest BCUT2D eigenvalue weighted by atomic mass is 16.5. The number of carbonyl (C=O) groups excluding carboxylic acids is 1. The Kier molecular flexibility index (Phi) is 6.83. The van der Waals surface area contributed by atoms with Crippen molar-refractivity contribution < 1.29 is 14.3 Å². The Morgan fingerprint density at radius 3 is 2.50 bits per heavy atom. The van der Waals surface area contributed by atoms with E-state index in [1.807, 2.05) is 7.05 Å². The van der Waals surface area contributed by atoms with Crippen molar-refractivity contribution >= 4 is 5.91 Å². The number of rotatable bonds is 8. The SMILES string of the molecule is CNCCNC(=O)c1ccc(OCCOC)cc1. The monoisotopic (exact) mass is 252 g/mol. The van der Waals surface area contributed by atoms with Crippen LogP contribution in [-0.4, -0.2) is 46.4 Å². The maximum absolute atomic E-state index is 11.7. The first kappa shape index (κ1) is 14.5. The van der Waals surface area contributed by atoms with Crippen LogP contribution in [0.3, 0.4) is 0 Å². The first-order chi connectivity index (χ1) is 8.77. The lowest BCUT2D eigenvalue weighted by atomic mass is 10.2. The van der Waals surface area contributed by atoms with E-state index in [9.17, 15) is 4.79 Å². The standard InChI is InChI=1S/C13H20N2O3/c1-14-7-8-15-13(16)11-3-5-12(6-4-11)18-10-9-17-2/h3-6,14H,7-10H2,1-2H3,(H,15,16). The van der Waals surface area contributed by atoms with Crippen LogP contribution in [0.15, 0.2) is 24.3 Å². The van der Waals surface area contributed by atoms with Gasteiger partial charge in [0.2, 0.25) is 0 Å². The molecule has 0 aromatic heterocycles. The maximum Gasteiger partial charge on any atom is 0.251 e. The van der Waals surface area contributed by atoms with E-state index >= 15 is 0 Å². The molecule has 1 aromatic rings. The third-order valence-electron chi connectivity index (χ3n) is 2.33. The van der Waals surface area contributed by atoms with Crippen molar-refractivity contribution in [3.05, 3.63) is 29.8 Å². The summed E-state index contributed by atoms with van der Waals surface area (Å²) in [5, 5.41) is 5.78. The topological polar surface area (TPSA) is 59.6 Å². The van der Waals surface area contributed by atoms with Gasteiger partial charge in [-0.3, -0.25) is 4.79 Å². The molecule has 100 valence electrons. The summed E-state index contributed by atoms with van der Waals surface area (Å²) in [4.78, 5) is 11.7. The van der Waals surface area contributed by atoms with Crippen molar-refractivity contribution in [2.75, 3.05) is 40.5 Å². The van der Waals surface area contributed by atoms with Crippen molar-refractivity contribution in [3.8, 4) is 5.75 Å². The largest absolute Gasteiger partial charge is 0.491 e. The lowest BCUT2D eigenvalue weighted by Crippen LogP contribution is -2.30. The minimum absolute atomic E-state index is 0.0753. The fraction of sp³-hybridized carbons (Fsp3) is 0.462. The van der Waals surface area contributed by atoms with Crippen molar-refractivity contribution in [2.45, 2.75) is 0 Å². The molecule has 5 heteroatoms. The minimum Gasteiger partial charge on any atom is -0.491 e.